The normalized spacial score (nSPS) is 40.7. The highest BCUT2D eigenvalue weighted by molar-refractivity contribution is 5.67. The van der Waals surface area contributed by atoms with Crippen LogP contribution >= 0.6 is 0 Å². The molecule has 0 saturated heterocycles. The molecule has 4 aliphatic rings. The molecule has 2 unspecified atom stereocenters. The van der Waals surface area contributed by atoms with Crippen molar-refractivity contribution >= 4 is 6.09 Å². The van der Waals surface area contributed by atoms with Crippen molar-refractivity contribution in [1.82, 2.24) is 5.32 Å². The number of hydrogen-bond acceptors (Lipinski definition) is 4. The second-order valence-corrected chi connectivity index (χ2v) is 6.83. The van der Waals surface area contributed by atoms with Gasteiger partial charge in [-0.1, -0.05) is 6.08 Å². The van der Waals surface area contributed by atoms with Crippen molar-refractivity contribution < 1.29 is 14.3 Å². The third kappa shape index (κ3) is 2.94. The summed E-state index contributed by atoms with van der Waals surface area (Å²) in [5.41, 5.74) is 5.43. The van der Waals surface area contributed by atoms with Gasteiger partial charge in [0.15, 0.2) is 0 Å². The summed E-state index contributed by atoms with van der Waals surface area (Å²) in [5, 5.41) is 3.10. The Balaban J connectivity index is 1.55. The smallest absolute Gasteiger partial charge is 0.407 e. The number of carbonyl (C=O) groups excluding carboxylic acids is 1. The van der Waals surface area contributed by atoms with Crippen LogP contribution in [0.4, 0.5) is 4.79 Å². The Morgan fingerprint density at radius 1 is 1.29 bits per heavy atom. The first-order chi connectivity index (χ1) is 10.2. The van der Waals surface area contributed by atoms with E-state index in [1.807, 2.05) is 7.11 Å². The molecule has 4 saturated carbocycles. The molecular weight excluding hydrogens is 268 g/mol. The van der Waals surface area contributed by atoms with Gasteiger partial charge in [-0.25, -0.2) is 4.79 Å². The van der Waals surface area contributed by atoms with Gasteiger partial charge in [-0.05, 0) is 55.9 Å². The molecule has 0 aromatic heterocycles. The van der Waals surface area contributed by atoms with Gasteiger partial charge in [0.1, 0.15) is 6.61 Å². The summed E-state index contributed by atoms with van der Waals surface area (Å²) in [7, 11) is 1.84. The molecule has 0 spiro atoms. The average molecular weight is 294 g/mol. The first-order valence-electron chi connectivity index (χ1n) is 7.99. The molecule has 1 amide bonds. The van der Waals surface area contributed by atoms with Crippen molar-refractivity contribution in [1.29, 1.82) is 0 Å². The lowest BCUT2D eigenvalue weighted by Gasteiger charge is -2.59. The lowest BCUT2D eigenvalue weighted by atomic mass is 9.52. The maximum absolute atomic E-state index is 11.9. The Morgan fingerprint density at radius 3 is 2.62 bits per heavy atom. The van der Waals surface area contributed by atoms with E-state index in [1.54, 1.807) is 12.2 Å². The SMILES string of the molecule is COC12CC3CC(C1)C(NC(=O)OC/C=C/CN)C(C3)C2. The number of nitrogens with two attached hydrogens (primary N) is 1. The van der Waals surface area contributed by atoms with Gasteiger partial charge in [-0.3, -0.25) is 0 Å². The van der Waals surface area contributed by atoms with Crippen molar-refractivity contribution in [2.24, 2.45) is 23.5 Å². The summed E-state index contributed by atoms with van der Waals surface area (Å²) in [4.78, 5) is 11.9. The first kappa shape index (κ1) is 14.9. The number of ether oxygens (including phenoxy) is 2. The third-order valence-electron chi connectivity index (χ3n) is 5.55. The molecule has 4 rings (SSSR count). The van der Waals surface area contributed by atoms with Crippen LogP contribution in [0.25, 0.3) is 0 Å². The van der Waals surface area contributed by atoms with Crippen LogP contribution in [0, 0.1) is 17.8 Å². The molecule has 4 aliphatic carbocycles. The molecule has 0 heterocycles. The van der Waals surface area contributed by atoms with Crippen LogP contribution in [0.5, 0.6) is 0 Å². The molecule has 0 aromatic carbocycles. The summed E-state index contributed by atoms with van der Waals surface area (Å²) >= 11 is 0. The van der Waals surface area contributed by atoms with E-state index in [-0.39, 0.29) is 24.3 Å². The lowest BCUT2D eigenvalue weighted by Crippen LogP contribution is -2.62. The Kier molecular flexibility index (Phi) is 4.22. The minimum atomic E-state index is -0.305. The summed E-state index contributed by atoms with van der Waals surface area (Å²) < 4.78 is 11.0. The van der Waals surface area contributed by atoms with Gasteiger partial charge in [0.2, 0.25) is 0 Å². The second kappa shape index (κ2) is 5.97. The van der Waals surface area contributed by atoms with Crippen molar-refractivity contribution in [2.45, 2.75) is 43.7 Å². The van der Waals surface area contributed by atoms with Crippen molar-refractivity contribution in [2.75, 3.05) is 20.3 Å². The third-order valence-corrected chi connectivity index (χ3v) is 5.55. The van der Waals surface area contributed by atoms with E-state index in [1.165, 1.54) is 19.3 Å². The maximum Gasteiger partial charge on any atom is 0.407 e. The first-order valence-corrected chi connectivity index (χ1v) is 7.99. The predicted octanol–water partition coefficient (Wildman–Crippen LogP) is 1.82. The monoisotopic (exact) mass is 294 g/mol. The van der Waals surface area contributed by atoms with Crippen LogP contribution in [0.15, 0.2) is 12.2 Å². The molecule has 0 aliphatic heterocycles. The van der Waals surface area contributed by atoms with E-state index in [0.717, 1.165) is 18.8 Å². The van der Waals surface area contributed by atoms with Crippen LogP contribution in [0.3, 0.4) is 0 Å². The van der Waals surface area contributed by atoms with Crippen molar-refractivity contribution in [3.05, 3.63) is 12.2 Å². The molecule has 118 valence electrons. The second-order valence-electron chi connectivity index (χ2n) is 6.83. The fourth-order valence-corrected chi connectivity index (χ4v) is 4.90. The van der Waals surface area contributed by atoms with Gasteiger partial charge in [-0.15, -0.1) is 0 Å². The van der Waals surface area contributed by atoms with Crippen LogP contribution in [-0.4, -0.2) is 38.0 Å². The minimum absolute atomic E-state index is 0.0858. The molecule has 5 heteroatoms. The van der Waals surface area contributed by atoms with E-state index in [2.05, 4.69) is 5.32 Å². The number of rotatable bonds is 5. The predicted molar refractivity (Wildman–Crippen MR) is 79.8 cm³/mol. The van der Waals surface area contributed by atoms with Gasteiger partial charge in [0, 0.05) is 19.7 Å². The topological polar surface area (TPSA) is 73.6 Å². The van der Waals surface area contributed by atoms with Crippen LogP contribution in [0.1, 0.15) is 32.1 Å². The van der Waals surface area contributed by atoms with Crippen LogP contribution in [0.2, 0.25) is 0 Å². The number of amides is 1. The van der Waals surface area contributed by atoms with E-state index in [4.69, 9.17) is 15.2 Å². The van der Waals surface area contributed by atoms with E-state index in [9.17, 15) is 4.79 Å². The van der Waals surface area contributed by atoms with Gasteiger partial charge in [-0.2, -0.15) is 0 Å². The molecule has 0 aromatic rings. The maximum atomic E-state index is 11.9. The zero-order chi connectivity index (χ0) is 14.9. The number of hydrogen-bond donors (Lipinski definition) is 2. The zero-order valence-electron chi connectivity index (χ0n) is 12.7. The molecular formula is C16H26N2O3. The zero-order valence-corrected chi connectivity index (χ0v) is 12.7. The highest BCUT2D eigenvalue weighted by Gasteiger charge is 2.56. The summed E-state index contributed by atoms with van der Waals surface area (Å²) in [6.07, 6.45) is 9.06. The summed E-state index contributed by atoms with van der Waals surface area (Å²) in [6, 6.07) is 0.260. The van der Waals surface area contributed by atoms with Crippen LogP contribution < -0.4 is 11.1 Å². The number of carbonyl (C=O) groups is 1. The van der Waals surface area contributed by atoms with Crippen LogP contribution in [-0.2, 0) is 9.47 Å². The molecule has 21 heavy (non-hydrogen) atoms. The fourth-order valence-electron chi connectivity index (χ4n) is 4.90. The lowest BCUT2D eigenvalue weighted by molar-refractivity contribution is -0.156. The quantitative estimate of drug-likeness (QED) is 0.759. The Labute approximate surface area is 126 Å². The van der Waals surface area contributed by atoms with Crippen molar-refractivity contribution in [3.63, 3.8) is 0 Å². The largest absolute Gasteiger partial charge is 0.445 e. The Morgan fingerprint density at radius 2 is 2.00 bits per heavy atom. The average Bonchev–Trinajstić information content (AvgIpc) is 2.47. The Bertz CT molecular complexity index is 408. The number of alkyl carbamates (subject to hydrolysis) is 1. The molecule has 3 N–H and O–H groups in total. The molecule has 5 nitrogen and oxygen atoms in total. The van der Waals surface area contributed by atoms with E-state index in [0.29, 0.717) is 18.4 Å². The van der Waals surface area contributed by atoms with Gasteiger partial charge in [0.05, 0.1) is 5.60 Å². The van der Waals surface area contributed by atoms with E-state index < -0.39 is 0 Å². The van der Waals surface area contributed by atoms with E-state index >= 15 is 0 Å². The van der Waals surface area contributed by atoms with Gasteiger partial charge < -0.3 is 20.5 Å². The molecule has 4 fully saturated rings. The molecule has 0 radical (unpaired) electrons. The summed E-state index contributed by atoms with van der Waals surface area (Å²) in [6.45, 7) is 0.758. The standard InChI is InChI=1S/C16H26N2O3/c1-20-16-8-11-6-12(9-16)14(13(7-11)10-16)18-15(19)21-5-3-2-4-17/h2-3,11-14H,4-10,17H2,1H3,(H,18,19)/b3-2+. The fraction of sp³-hybridized carbons (Fsp3) is 0.812. The molecule has 4 bridgehead atoms. The summed E-state index contributed by atoms with van der Waals surface area (Å²) in [5.74, 6) is 1.87. The van der Waals surface area contributed by atoms with Crippen molar-refractivity contribution in [3.8, 4) is 0 Å². The van der Waals surface area contributed by atoms with Gasteiger partial charge >= 0.3 is 6.09 Å². The minimum Gasteiger partial charge on any atom is -0.445 e. The highest BCUT2D eigenvalue weighted by atomic mass is 16.5. The van der Waals surface area contributed by atoms with Gasteiger partial charge in [0.25, 0.3) is 0 Å². The Hall–Kier alpha value is -1.07. The number of methoxy groups -OCH3 is 1. The highest BCUT2D eigenvalue weighted by Crippen LogP contribution is 2.56. The number of nitrogens with one attached hydrogen (secondary N) is 1. The molecule has 2 atom stereocenters.